The van der Waals surface area contributed by atoms with Crippen molar-refractivity contribution in [2.24, 2.45) is 5.92 Å². The molecular formula is C22H20Cl2FNO4. The Hall–Kier alpha value is -2.15. The monoisotopic (exact) mass is 451 g/mol. The van der Waals surface area contributed by atoms with E-state index in [4.69, 9.17) is 27.9 Å². The zero-order valence-electron chi connectivity index (χ0n) is 15.9. The predicted octanol–water partition coefficient (Wildman–Crippen LogP) is 5.03. The van der Waals surface area contributed by atoms with Crippen molar-refractivity contribution < 1.29 is 23.8 Å². The van der Waals surface area contributed by atoms with Crippen LogP contribution in [0.3, 0.4) is 0 Å². The minimum absolute atomic E-state index is 0.0635. The number of carboxylic acid groups (broad SMARTS) is 1. The number of rotatable bonds is 6. The van der Waals surface area contributed by atoms with Crippen LogP contribution in [0.25, 0.3) is 0 Å². The molecule has 30 heavy (non-hydrogen) atoms. The van der Waals surface area contributed by atoms with Gasteiger partial charge in [-0.05, 0) is 54.2 Å². The van der Waals surface area contributed by atoms with Gasteiger partial charge in [-0.25, -0.2) is 4.39 Å². The molecule has 1 aliphatic heterocycles. The summed E-state index contributed by atoms with van der Waals surface area (Å²) in [5, 5.41) is 9.77. The van der Waals surface area contributed by atoms with E-state index in [1.165, 1.54) is 12.1 Å². The molecule has 2 aromatic rings. The number of halogens is 3. The Balaban J connectivity index is 1.79. The van der Waals surface area contributed by atoms with Gasteiger partial charge in [0.2, 0.25) is 0 Å². The molecule has 3 atom stereocenters. The van der Waals surface area contributed by atoms with E-state index in [9.17, 15) is 19.1 Å². The molecule has 4 rings (SSSR count). The third-order valence-electron chi connectivity index (χ3n) is 5.49. The van der Waals surface area contributed by atoms with Crippen LogP contribution in [0.5, 0.6) is 0 Å². The van der Waals surface area contributed by atoms with Gasteiger partial charge in [0.05, 0.1) is 17.5 Å². The average Bonchev–Trinajstić information content (AvgIpc) is 3.52. The van der Waals surface area contributed by atoms with Crippen LogP contribution in [-0.4, -0.2) is 34.5 Å². The zero-order chi connectivity index (χ0) is 21.4. The molecule has 5 nitrogen and oxygen atoms in total. The molecule has 1 heterocycles. The van der Waals surface area contributed by atoms with Gasteiger partial charge in [-0.2, -0.15) is 0 Å². The third-order valence-corrected chi connectivity index (χ3v) is 6.03. The van der Waals surface area contributed by atoms with Crippen LogP contribution in [0.4, 0.5) is 4.39 Å². The number of morpholine rings is 1. The summed E-state index contributed by atoms with van der Waals surface area (Å²) in [6.45, 7) is 0.511. The fraction of sp³-hybridized carbons (Fsp3) is 0.364. The molecule has 8 heteroatoms. The summed E-state index contributed by atoms with van der Waals surface area (Å²) in [5.41, 5.74) is 1.37. The van der Waals surface area contributed by atoms with Gasteiger partial charge in [-0.15, -0.1) is 0 Å². The standard InChI is InChI=1S/C22H20Cl2FNO4/c23-15-6-3-13(4-7-15)20-21(14-5-8-17(25)16(24)9-14)30-18(10-19(27)28)22(29)26(20)11-12-1-2-12/h3-9,12,18,20-21H,1-2,10-11H2,(H,27,28)/t18-,20+,21-/m0/s1. The van der Waals surface area contributed by atoms with Gasteiger partial charge in [0.15, 0.2) is 0 Å². The molecule has 1 amide bonds. The maximum atomic E-state index is 13.8. The van der Waals surface area contributed by atoms with Gasteiger partial charge >= 0.3 is 5.97 Å². The van der Waals surface area contributed by atoms with Crippen molar-refractivity contribution in [3.05, 3.63) is 69.5 Å². The van der Waals surface area contributed by atoms with E-state index in [0.29, 0.717) is 23.0 Å². The highest BCUT2D eigenvalue weighted by Crippen LogP contribution is 2.45. The number of hydrogen-bond acceptors (Lipinski definition) is 3. The maximum absolute atomic E-state index is 13.8. The second kappa shape index (κ2) is 8.53. The Morgan fingerprint density at radius 1 is 1.13 bits per heavy atom. The van der Waals surface area contributed by atoms with Crippen LogP contribution in [0.15, 0.2) is 42.5 Å². The van der Waals surface area contributed by atoms with E-state index in [-0.39, 0.29) is 10.9 Å². The number of ether oxygens (including phenoxy) is 1. The van der Waals surface area contributed by atoms with Crippen molar-refractivity contribution in [3.63, 3.8) is 0 Å². The SMILES string of the molecule is O=C(O)C[C@@H]1O[C@@H](c2ccc(F)c(Cl)c2)[C@@H](c2ccc(Cl)cc2)N(CC2CC2)C1=O. The Labute approximate surface area is 183 Å². The first-order chi connectivity index (χ1) is 14.3. The van der Waals surface area contributed by atoms with Crippen molar-refractivity contribution in [1.82, 2.24) is 4.90 Å². The highest BCUT2D eigenvalue weighted by atomic mass is 35.5. The lowest BCUT2D eigenvalue weighted by atomic mass is 9.91. The molecule has 0 unspecified atom stereocenters. The summed E-state index contributed by atoms with van der Waals surface area (Å²) < 4.78 is 19.8. The highest BCUT2D eigenvalue weighted by Gasteiger charge is 2.46. The Kier molecular flexibility index (Phi) is 6.00. The molecule has 1 N–H and O–H groups in total. The van der Waals surface area contributed by atoms with E-state index in [1.54, 1.807) is 23.1 Å². The topological polar surface area (TPSA) is 66.8 Å². The van der Waals surface area contributed by atoms with Gasteiger partial charge in [-0.1, -0.05) is 41.4 Å². The summed E-state index contributed by atoms with van der Waals surface area (Å²) in [5.74, 6) is -1.66. The van der Waals surface area contributed by atoms with Crippen LogP contribution in [0.1, 0.15) is 42.5 Å². The number of aliphatic carboxylic acids is 1. The molecule has 2 aromatic carbocycles. The van der Waals surface area contributed by atoms with Crippen molar-refractivity contribution in [1.29, 1.82) is 0 Å². The van der Waals surface area contributed by atoms with E-state index in [1.807, 2.05) is 12.1 Å². The largest absolute Gasteiger partial charge is 0.481 e. The highest BCUT2D eigenvalue weighted by molar-refractivity contribution is 6.31. The number of benzene rings is 2. The first-order valence-corrected chi connectivity index (χ1v) is 10.5. The Bertz CT molecular complexity index is 964. The van der Waals surface area contributed by atoms with E-state index in [2.05, 4.69) is 0 Å². The second-order valence-corrected chi connectivity index (χ2v) is 8.59. The van der Waals surface area contributed by atoms with Crippen molar-refractivity contribution in [2.45, 2.75) is 37.5 Å². The van der Waals surface area contributed by atoms with Crippen LogP contribution < -0.4 is 0 Å². The number of hydrogen-bond donors (Lipinski definition) is 1. The van der Waals surface area contributed by atoms with Crippen molar-refractivity contribution in [2.75, 3.05) is 6.54 Å². The molecule has 1 saturated carbocycles. The Morgan fingerprint density at radius 2 is 1.80 bits per heavy atom. The molecule has 0 aromatic heterocycles. The van der Waals surface area contributed by atoms with Crippen LogP contribution in [0, 0.1) is 11.7 Å². The minimum atomic E-state index is -1.13. The summed E-state index contributed by atoms with van der Waals surface area (Å²) >= 11 is 12.1. The van der Waals surface area contributed by atoms with Crippen molar-refractivity contribution >= 4 is 35.1 Å². The lowest BCUT2D eigenvalue weighted by Crippen LogP contribution is -2.52. The molecule has 158 valence electrons. The van der Waals surface area contributed by atoms with E-state index in [0.717, 1.165) is 18.4 Å². The fourth-order valence-corrected chi connectivity index (χ4v) is 4.15. The fourth-order valence-electron chi connectivity index (χ4n) is 3.84. The summed E-state index contributed by atoms with van der Waals surface area (Å²) in [7, 11) is 0. The first-order valence-electron chi connectivity index (χ1n) is 9.71. The second-order valence-electron chi connectivity index (χ2n) is 7.75. The average molecular weight is 452 g/mol. The molecule has 1 saturated heterocycles. The lowest BCUT2D eigenvalue weighted by Gasteiger charge is -2.45. The quantitative estimate of drug-likeness (QED) is 0.668. The molecule has 0 bridgehead atoms. The van der Waals surface area contributed by atoms with Gasteiger partial charge < -0.3 is 14.7 Å². The molecule has 2 fully saturated rings. The lowest BCUT2D eigenvalue weighted by molar-refractivity contribution is -0.179. The number of amides is 1. The number of nitrogens with zero attached hydrogens (tertiary/aromatic N) is 1. The zero-order valence-corrected chi connectivity index (χ0v) is 17.4. The van der Waals surface area contributed by atoms with Gasteiger partial charge in [0, 0.05) is 11.6 Å². The van der Waals surface area contributed by atoms with Gasteiger partial charge in [0.25, 0.3) is 5.91 Å². The smallest absolute Gasteiger partial charge is 0.306 e. The van der Waals surface area contributed by atoms with Gasteiger partial charge in [-0.3, -0.25) is 9.59 Å². The minimum Gasteiger partial charge on any atom is -0.481 e. The molecule has 1 aliphatic carbocycles. The van der Waals surface area contributed by atoms with Gasteiger partial charge in [0.1, 0.15) is 18.0 Å². The van der Waals surface area contributed by atoms with E-state index >= 15 is 0 Å². The summed E-state index contributed by atoms with van der Waals surface area (Å²) in [6.07, 6.45) is -0.231. The third kappa shape index (κ3) is 4.46. The number of carbonyl (C=O) groups excluding carboxylic acids is 1. The molecule has 2 aliphatic rings. The Morgan fingerprint density at radius 3 is 2.40 bits per heavy atom. The van der Waals surface area contributed by atoms with Crippen molar-refractivity contribution in [3.8, 4) is 0 Å². The first kappa shape index (κ1) is 21.1. The predicted molar refractivity (Wildman–Crippen MR) is 110 cm³/mol. The van der Waals surface area contributed by atoms with Crippen LogP contribution in [-0.2, 0) is 14.3 Å². The molecular weight excluding hydrogens is 432 g/mol. The van der Waals surface area contributed by atoms with E-state index < -0.39 is 36.5 Å². The number of carbonyl (C=O) groups is 2. The van der Waals surface area contributed by atoms with Crippen LogP contribution >= 0.6 is 23.2 Å². The normalized spacial score (nSPS) is 24.2. The maximum Gasteiger partial charge on any atom is 0.306 e. The van der Waals surface area contributed by atoms with Crippen LogP contribution in [0.2, 0.25) is 10.0 Å². The number of carboxylic acids is 1. The summed E-state index contributed by atoms with van der Waals surface area (Å²) in [6, 6.07) is 10.8. The molecule has 0 spiro atoms. The molecule has 0 radical (unpaired) electrons. The summed E-state index contributed by atoms with van der Waals surface area (Å²) in [4.78, 5) is 26.3.